The molecular weight excluding hydrogens is 591 g/mol. The first kappa shape index (κ1) is 31.1. The number of pyridine rings is 1. The molecule has 2 aromatic heterocycles. The first-order chi connectivity index (χ1) is 21.2. The number of nitrogens with zero attached hydrogens (tertiary/aromatic N) is 3. The van der Waals surface area contributed by atoms with Gasteiger partial charge in [-0.25, -0.2) is 4.98 Å². The number of methoxy groups -OCH3 is 1. The maximum atomic E-state index is 12.8. The molecule has 2 atom stereocenters. The third-order valence-corrected chi connectivity index (χ3v) is 8.10. The fourth-order valence-electron chi connectivity index (χ4n) is 5.16. The molecule has 0 spiro atoms. The number of imidazole rings is 1. The molecule has 0 bridgehead atoms. The average Bonchev–Trinajstić information content (AvgIpc) is 3.53. The fourth-order valence-corrected chi connectivity index (χ4v) is 5.47. The van der Waals surface area contributed by atoms with Crippen molar-refractivity contribution in [2.75, 3.05) is 7.11 Å². The Morgan fingerprint density at radius 1 is 0.818 bits per heavy atom. The minimum atomic E-state index is -0.127. The summed E-state index contributed by atoms with van der Waals surface area (Å²) in [5.74, 6) is 0.823. The topological polar surface area (TPSA) is 61.1 Å². The zero-order valence-electron chi connectivity index (χ0n) is 25.0. The van der Waals surface area contributed by atoms with E-state index >= 15 is 0 Å². The van der Waals surface area contributed by atoms with E-state index in [1.54, 1.807) is 37.3 Å². The van der Waals surface area contributed by atoms with E-state index in [4.69, 9.17) is 27.9 Å². The number of halogens is 2. The van der Waals surface area contributed by atoms with Crippen molar-refractivity contribution in [3.63, 3.8) is 0 Å². The van der Waals surface area contributed by atoms with Crippen molar-refractivity contribution in [1.29, 1.82) is 0 Å². The Bertz CT molecular complexity index is 1900. The van der Waals surface area contributed by atoms with Gasteiger partial charge in [-0.2, -0.15) is 0 Å². The van der Waals surface area contributed by atoms with Gasteiger partial charge in [-0.1, -0.05) is 65.7 Å². The van der Waals surface area contributed by atoms with E-state index in [0.29, 0.717) is 10.0 Å². The van der Waals surface area contributed by atoms with Gasteiger partial charge in [0.2, 0.25) is 0 Å². The van der Waals surface area contributed by atoms with E-state index in [-0.39, 0.29) is 17.6 Å². The molecule has 0 unspecified atom stereocenters. The second kappa shape index (κ2) is 14.0. The van der Waals surface area contributed by atoms with E-state index in [1.807, 2.05) is 84.5 Å². The van der Waals surface area contributed by atoms with E-state index < -0.39 is 0 Å². The van der Waals surface area contributed by atoms with Crippen molar-refractivity contribution in [2.24, 2.45) is 14.1 Å². The molecule has 0 aliphatic carbocycles. The van der Waals surface area contributed by atoms with Gasteiger partial charge in [0.05, 0.1) is 25.0 Å². The van der Waals surface area contributed by atoms with Gasteiger partial charge in [0.15, 0.2) is 0 Å². The summed E-state index contributed by atoms with van der Waals surface area (Å²) in [6.07, 6.45) is 5.39. The van der Waals surface area contributed by atoms with Crippen molar-refractivity contribution < 1.29 is 4.74 Å². The molecule has 0 fully saturated rings. The molecule has 4 aromatic carbocycles. The summed E-state index contributed by atoms with van der Waals surface area (Å²) in [6.45, 7) is 2.15. The molecule has 2 heterocycles. The van der Waals surface area contributed by atoms with Crippen LogP contribution in [-0.2, 0) is 14.1 Å². The Balaban J connectivity index is 0.000000573. The van der Waals surface area contributed by atoms with Crippen LogP contribution in [0.1, 0.15) is 35.7 Å². The van der Waals surface area contributed by atoms with Crippen LogP contribution < -0.4 is 15.6 Å². The zero-order chi connectivity index (χ0) is 31.2. The molecule has 0 amide bonds. The lowest BCUT2D eigenvalue weighted by Crippen LogP contribution is -2.26. The Labute approximate surface area is 267 Å². The molecule has 224 valence electrons. The molecular formula is C36H34Cl2N4O2. The lowest BCUT2D eigenvalue weighted by molar-refractivity contribution is 0.414. The summed E-state index contributed by atoms with van der Waals surface area (Å²) >= 11 is 12.5. The highest BCUT2D eigenvalue weighted by atomic mass is 35.5. The van der Waals surface area contributed by atoms with Gasteiger partial charge in [-0.05, 0) is 83.3 Å². The summed E-state index contributed by atoms with van der Waals surface area (Å²) in [6, 6.07) is 31.5. The van der Waals surface area contributed by atoms with Crippen LogP contribution in [0.15, 0.2) is 121 Å². The summed E-state index contributed by atoms with van der Waals surface area (Å²) in [5.41, 5.74) is 5.85. The lowest BCUT2D eigenvalue weighted by atomic mass is 9.93. The zero-order valence-corrected chi connectivity index (χ0v) is 26.6. The van der Waals surface area contributed by atoms with Gasteiger partial charge in [0, 0.05) is 54.0 Å². The minimum absolute atomic E-state index is 0.0461. The van der Waals surface area contributed by atoms with Crippen molar-refractivity contribution in [3.05, 3.63) is 153 Å². The van der Waals surface area contributed by atoms with Gasteiger partial charge in [-0.3, -0.25) is 10.1 Å². The van der Waals surface area contributed by atoms with Gasteiger partial charge >= 0.3 is 0 Å². The van der Waals surface area contributed by atoms with E-state index in [0.717, 1.165) is 44.5 Å². The standard InChI is InChI=1S/C32H28Cl2N2O2.C4H6N2/c1-20(21-9-14-27(38-3)15-10-21)35-32(22-7-12-25(33)13-8-22)24-11-16-30-29(18-24)28(19-31(37)36(30)2)23-5-4-6-26(34)17-23;1-6-3-2-5-4-6/h4-20,32,35H,1-3H3;2-4H,1H3/t20-,32+;/m0./s1. The Kier molecular flexibility index (Phi) is 9.85. The number of hydrogen-bond acceptors (Lipinski definition) is 4. The van der Waals surface area contributed by atoms with Gasteiger partial charge < -0.3 is 13.9 Å². The molecule has 0 aliphatic rings. The first-order valence-electron chi connectivity index (χ1n) is 14.2. The summed E-state index contributed by atoms with van der Waals surface area (Å²) in [7, 11) is 5.40. The Hall–Kier alpha value is -4.36. The van der Waals surface area contributed by atoms with Crippen LogP contribution in [0.2, 0.25) is 10.0 Å². The number of nitrogens with one attached hydrogen (secondary N) is 1. The third kappa shape index (κ3) is 7.22. The average molecular weight is 626 g/mol. The molecule has 8 heteroatoms. The number of fused-ring (bicyclic) bond motifs is 1. The Morgan fingerprint density at radius 2 is 1.52 bits per heavy atom. The quantitative estimate of drug-likeness (QED) is 0.194. The highest BCUT2D eigenvalue weighted by Crippen LogP contribution is 2.34. The lowest BCUT2D eigenvalue weighted by Gasteiger charge is -2.26. The molecule has 0 aliphatic heterocycles. The van der Waals surface area contributed by atoms with Crippen molar-refractivity contribution in [2.45, 2.75) is 19.0 Å². The molecule has 6 rings (SSSR count). The second-order valence-electron chi connectivity index (χ2n) is 10.6. The monoisotopic (exact) mass is 624 g/mol. The van der Waals surface area contributed by atoms with Crippen LogP contribution in [-0.4, -0.2) is 21.2 Å². The van der Waals surface area contributed by atoms with Crippen molar-refractivity contribution in [3.8, 4) is 16.9 Å². The smallest absolute Gasteiger partial charge is 0.251 e. The predicted octanol–water partition coefficient (Wildman–Crippen LogP) is 8.38. The van der Waals surface area contributed by atoms with E-state index in [1.165, 1.54) is 0 Å². The number of benzene rings is 4. The SMILES string of the molecule is COc1ccc([C@H](C)N[C@H](c2ccc(Cl)cc2)c2ccc3c(c2)c(-c2cccc(Cl)c2)cc(=O)n3C)cc1.Cn1ccnc1. The van der Waals surface area contributed by atoms with Crippen LogP contribution in [0.5, 0.6) is 5.75 Å². The summed E-state index contributed by atoms with van der Waals surface area (Å²) in [4.78, 5) is 16.6. The molecule has 0 radical (unpaired) electrons. The normalized spacial score (nSPS) is 12.3. The third-order valence-electron chi connectivity index (χ3n) is 7.61. The highest BCUT2D eigenvalue weighted by Gasteiger charge is 2.20. The second-order valence-corrected chi connectivity index (χ2v) is 11.5. The fraction of sp³-hybridized carbons (Fsp3) is 0.167. The number of aromatic nitrogens is 3. The predicted molar refractivity (Wildman–Crippen MR) is 181 cm³/mol. The van der Waals surface area contributed by atoms with Gasteiger partial charge in [0.25, 0.3) is 5.56 Å². The molecule has 0 saturated heterocycles. The van der Waals surface area contributed by atoms with Crippen LogP contribution in [0.25, 0.3) is 22.0 Å². The molecule has 6 nitrogen and oxygen atoms in total. The van der Waals surface area contributed by atoms with Crippen LogP contribution >= 0.6 is 23.2 Å². The number of rotatable bonds is 7. The highest BCUT2D eigenvalue weighted by molar-refractivity contribution is 6.31. The Morgan fingerprint density at radius 3 is 2.14 bits per heavy atom. The summed E-state index contributed by atoms with van der Waals surface area (Å²) < 4.78 is 8.90. The molecule has 44 heavy (non-hydrogen) atoms. The minimum Gasteiger partial charge on any atom is -0.497 e. The molecule has 0 saturated carbocycles. The van der Waals surface area contributed by atoms with Crippen LogP contribution in [0.4, 0.5) is 0 Å². The molecule has 6 aromatic rings. The van der Waals surface area contributed by atoms with E-state index in [9.17, 15) is 4.79 Å². The van der Waals surface area contributed by atoms with Gasteiger partial charge in [0.1, 0.15) is 5.75 Å². The van der Waals surface area contributed by atoms with Gasteiger partial charge in [-0.15, -0.1) is 0 Å². The van der Waals surface area contributed by atoms with Crippen molar-refractivity contribution >= 4 is 34.1 Å². The maximum absolute atomic E-state index is 12.8. The first-order valence-corrected chi connectivity index (χ1v) is 15.0. The van der Waals surface area contributed by atoms with Crippen molar-refractivity contribution in [1.82, 2.24) is 19.4 Å². The van der Waals surface area contributed by atoms with E-state index in [2.05, 4.69) is 41.5 Å². The largest absolute Gasteiger partial charge is 0.497 e. The summed E-state index contributed by atoms with van der Waals surface area (Å²) in [5, 5.41) is 6.10. The molecule has 1 N–H and O–H groups in total. The van der Waals surface area contributed by atoms with Crippen LogP contribution in [0, 0.1) is 0 Å². The maximum Gasteiger partial charge on any atom is 0.251 e. The number of hydrogen-bond donors (Lipinski definition) is 1. The number of ether oxygens (including phenoxy) is 1. The van der Waals surface area contributed by atoms with Crippen LogP contribution in [0.3, 0.4) is 0 Å². The number of aryl methyl sites for hydroxylation is 2.